The van der Waals surface area contributed by atoms with E-state index >= 15 is 0 Å². The molecule has 0 aliphatic carbocycles. The van der Waals surface area contributed by atoms with Gasteiger partial charge in [0, 0.05) is 16.5 Å². The van der Waals surface area contributed by atoms with Gasteiger partial charge in [-0.3, -0.25) is 14.4 Å². The minimum absolute atomic E-state index is 0.195. The maximum Gasteiger partial charge on any atom is 0.346 e. The van der Waals surface area contributed by atoms with Crippen molar-refractivity contribution in [2.24, 2.45) is 0 Å². The molecule has 0 radical (unpaired) electrons. The highest BCUT2D eigenvalue weighted by Gasteiger charge is 2.43. The number of hydrogen-bond acceptors (Lipinski definition) is 4. The largest absolute Gasteiger partial charge is 0.346 e. The highest BCUT2D eigenvalue weighted by atomic mass is 16.2. The van der Waals surface area contributed by atoms with Crippen molar-refractivity contribution in [3.8, 4) is 0 Å². The summed E-state index contributed by atoms with van der Waals surface area (Å²) in [6, 6.07) is 15.9. The number of anilines is 1. The summed E-state index contributed by atoms with van der Waals surface area (Å²) in [5, 5.41) is 0.806. The van der Waals surface area contributed by atoms with Crippen molar-refractivity contribution in [2.75, 3.05) is 4.90 Å². The maximum atomic E-state index is 12.8. The van der Waals surface area contributed by atoms with Crippen molar-refractivity contribution < 1.29 is 19.2 Å². The van der Waals surface area contributed by atoms with Gasteiger partial charge in [-0.2, -0.15) is 4.90 Å². The molecule has 7 nitrogen and oxygen atoms in total. The summed E-state index contributed by atoms with van der Waals surface area (Å²) >= 11 is 0. The van der Waals surface area contributed by atoms with Crippen LogP contribution in [0.4, 0.5) is 10.6 Å². The first-order valence-electron chi connectivity index (χ1n) is 7.93. The molecule has 1 fully saturated rings. The average Bonchev–Trinajstić information content (AvgIpc) is 3.05. The number of rotatable bonds is 2. The Morgan fingerprint density at radius 1 is 0.885 bits per heavy atom. The summed E-state index contributed by atoms with van der Waals surface area (Å²) in [5.74, 6) is -2.04. The molecule has 5 amide bonds. The second-order valence-electron chi connectivity index (χ2n) is 5.83. The van der Waals surface area contributed by atoms with E-state index in [9.17, 15) is 19.2 Å². The fraction of sp³-hybridized carbons (Fsp3) is 0.0526. The fourth-order valence-electron chi connectivity index (χ4n) is 2.93. The summed E-state index contributed by atoms with van der Waals surface area (Å²) in [7, 11) is 0. The molecule has 0 bridgehead atoms. The van der Waals surface area contributed by atoms with Crippen LogP contribution in [0.3, 0.4) is 0 Å². The molecule has 1 aliphatic heterocycles. The van der Waals surface area contributed by atoms with Gasteiger partial charge in [-0.05, 0) is 24.3 Å². The van der Waals surface area contributed by atoms with E-state index in [0.717, 1.165) is 15.8 Å². The second kappa shape index (κ2) is 5.96. The van der Waals surface area contributed by atoms with Gasteiger partial charge in [-0.15, -0.1) is 0 Å². The Hall–Kier alpha value is -3.74. The molecule has 0 saturated carbocycles. The number of aromatic amines is 1. The van der Waals surface area contributed by atoms with Gasteiger partial charge in [-0.1, -0.05) is 36.4 Å². The lowest BCUT2D eigenvalue weighted by Gasteiger charge is -2.30. The third-order valence-corrected chi connectivity index (χ3v) is 4.16. The third-order valence-electron chi connectivity index (χ3n) is 4.16. The van der Waals surface area contributed by atoms with Crippen molar-refractivity contribution >= 4 is 40.5 Å². The average molecular weight is 347 g/mol. The predicted octanol–water partition coefficient (Wildman–Crippen LogP) is 2.69. The molecule has 2 aromatic carbocycles. The molecule has 3 aromatic rings. The Balaban J connectivity index is 1.74. The Morgan fingerprint density at radius 3 is 2.31 bits per heavy atom. The van der Waals surface area contributed by atoms with Crippen molar-refractivity contribution in [2.45, 2.75) is 6.42 Å². The lowest BCUT2D eigenvalue weighted by Crippen LogP contribution is -2.57. The Morgan fingerprint density at radius 2 is 1.58 bits per heavy atom. The molecule has 2 heterocycles. The summed E-state index contributed by atoms with van der Waals surface area (Å²) in [5.41, 5.74) is 0.932. The quantitative estimate of drug-likeness (QED) is 0.570. The number of benzene rings is 2. The van der Waals surface area contributed by atoms with Crippen molar-refractivity contribution in [1.82, 2.24) is 9.88 Å². The molecule has 0 spiro atoms. The van der Waals surface area contributed by atoms with Crippen LogP contribution in [-0.4, -0.2) is 33.6 Å². The smallest absolute Gasteiger partial charge is 0.341 e. The number of amides is 5. The van der Waals surface area contributed by atoms with Gasteiger partial charge in [0.15, 0.2) is 0 Å². The molecule has 1 aliphatic rings. The molecule has 7 heteroatoms. The van der Waals surface area contributed by atoms with E-state index in [0.29, 0.717) is 4.90 Å². The van der Waals surface area contributed by atoms with Gasteiger partial charge in [0.1, 0.15) is 12.2 Å². The molecule has 128 valence electrons. The Kier molecular flexibility index (Phi) is 3.62. The van der Waals surface area contributed by atoms with Crippen molar-refractivity contribution in [3.05, 3.63) is 66.2 Å². The van der Waals surface area contributed by atoms with Crippen LogP contribution >= 0.6 is 0 Å². The summed E-state index contributed by atoms with van der Waals surface area (Å²) < 4.78 is 0. The minimum Gasteiger partial charge on any atom is -0.341 e. The van der Waals surface area contributed by atoms with Crippen LogP contribution in [-0.2, 0) is 9.59 Å². The summed E-state index contributed by atoms with van der Waals surface area (Å²) in [4.78, 5) is 54.3. The first-order valence-corrected chi connectivity index (χ1v) is 7.93. The Bertz CT molecular complexity index is 1020. The zero-order valence-corrected chi connectivity index (χ0v) is 13.5. The van der Waals surface area contributed by atoms with Gasteiger partial charge in [0.2, 0.25) is 11.8 Å². The SMILES string of the molecule is O=C1CC(=O)N(c2cc3ccccc3[nH]2)C(=O)N1C(=O)c1ccccc1. The van der Waals surface area contributed by atoms with E-state index in [4.69, 9.17) is 0 Å². The number of aromatic nitrogens is 1. The van der Waals surface area contributed by atoms with Crippen LogP contribution in [0.15, 0.2) is 60.7 Å². The van der Waals surface area contributed by atoms with Gasteiger partial charge in [0.25, 0.3) is 5.91 Å². The standard InChI is InChI=1S/C19H13N3O4/c23-16-11-17(24)22(18(25)12-6-2-1-3-7-12)19(26)21(16)15-10-13-8-4-5-9-14(13)20-15/h1-10,20H,11H2. The number of carbonyl (C=O) groups excluding carboxylic acids is 4. The van der Waals surface area contributed by atoms with Crippen LogP contribution < -0.4 is 4.90 Å². The number of nitrogens with one attached hydrogen (secondary N) is 1. The number of H-pyrrole nitrogens is 1. The van der Waals surface area contributed by atoms with Crippen LogP contribution in [0.5, 0.6) is 0 Å². The lowest BCUT2D eigenvalue weighted by molar-refractivity contribution is -0.133. The van der Waals surface area contributed by atoms with E-state index in [1.54, 1.807) is 30.3 Å². The van der Waals surface area contributed by atoms with E-state index in [2.05, 4.69) is 4.98 Å². The van der Waals surface area contributed by atoms with Crippen LogP contribution in [0.1, 0.15) is 16.8 Å². The first-order chi connectivity index (χ1) is 12.6. The minimum atomic E-state index is -0.980. The van der Waals surface area contributed by atoms with Gasteiger partial charge < -0.3 is 4.98 Å². The molecule has 1 aromatic heterocycles. The number of barbiturate groups is 1. The number of nitrogens with zero attached hydrogens (tertiary/aromatic N) is 2. The number of carbonyl (C=O) groups is 4. The van der Waals surface area contributed by atoms with Crippen LogP contribution in [0.25, 0.3) is 10.9 Å². The summed E-state index contributed by atoms with van der Waals surface area (Å²) in [6.45, 7) is 0. The second-order valence-corrected chi connectivity index (χ2v) is 5.83. The number of para-hydroxylation sites is 1. The van der Waals surface area contributed by atoms with E-state index in [1.807, 2.05) is 18.2 Å². The number of fused-ring (bicyclic) bond motifs is 1. The van der Waals surface area contributed by atoms with Crippen molar-refractivity contribution in [3.63, 3.8) is 0 Å². The molecular weight excluding hydrogens is 334 g/mol. The third kappa shape index (κ3) is 2.46. The zero-order valence-electron chi connectivity index (χ0n) is 13.5. The van der Waals surface area contributed by atoms with E-state index in [1.165, 1.54) is 12.1 Å². The highest BCUT2D eigenvalue weighted by molar-refractivity contribution is 6.32. The van der Waals surface area contributed by atoms with Crippen LogP contribution in [0, 0.1) is 0 Å². The molecule has 26 heavy (non-hydrogen) atoms. The van der Waals surface area contributed by atoms with Crippen LogP contribution in [0.2, 0.25) is 0 Å². The molecular formula is C19H13N3O4. The molecule has 0 unspecified atom stereocenters. The molecule has 1 saturated heterocycles. The lowest BCUT2D eigenvalue weighted by atomic mass is 10.1. The first kappa shape index (κ1) is 15.8. The predicted molar refractivity (Wildman–Crippen MR) is 93.4 cm³/mol. The fourth-order valence-corrected chi connectivity index (χ4v) is 2.93. The van der Waals surface area contributed by atoms with Gasteiger partial charge in [-0.25, -0.2) is 9.69 Å². The van der Waals surface area contributed by atoms with Crippen molar-refractivity contribution in [1.29, 1.82) is 0 Å². The molecule has 4 rings (SSSR count). The Labute approximate surface area is 147 Å². The molecule has 1 N–H and O–H groups in total. The monoisotopic (exact) mass is 347 g/mol. The topological polar surface area (TPSA) is 90.6 Å². The summed E-state index contributed by atoms with van der Waals surface area (Å²) in [6.07, 6.45) is -0.556. The normalized spacial score (nSPS) is 15.0. The van der Waals surface area contributed by atoms with E-state index < -0.39 is 30.2 Å². The number of hydrogen-bond donors (Lipinski definition) is 1. The maximum absolute atomic E-state index is 12.8. The van der Waals surface area contributed by atoms with Gasteiger partial charge >= 0.3 is 6.03 Å². The van der Waals surface area contributed by atoms with E-state index in [-0.39, 0.29) is 11.4 Å². The zero-order chi connectivity index (χ0) is 18.3. The molecule has 0 atom stereocenters. The number of imide groups is 4. The number of urea groups is 1. The van der Waals surface area contributed by atoms with Gasteiger partial charge in [0.05, 0.1) is 0 Å². The highest BCUT2D eigenvalue weighted by Crippen LogP contribution is 2.26.